The Morgan fingerprint density at radius 3 is 2.44 bits per heavy atom. The number of sulfone groups is 1. The highest BCUT2D eigenvalue weighted by Crippen LogP contribution is 2.20. The summed E-state index contributed by atoms with van der Waals surface area (Å²) in [5.41, 5.74) is 0. The van der Waals surface area contributed by atoms with Crippen molar-refractivity contribution in [2.45, 2.75) is 31.1 Å². The molecular weight excluding hydrogens is 262 g/mol. The molecule has 1 fully saturated rings. The van der Waals surface area contributed by atoms with Crippen LogP contribution in [0.15, 0.2) is 11.5 Å². The number of rotatable bonds is 3. The number of carboxylic acids is 1. The third-order valence-corrected chi connectivity index (χ3v) is 4.24. The molecule has 7 nitrogen and oxygen atoms in total. The maximum absolute atomic E-state index is 11.7. The Kier molecular flexibility index (Phi) is 3.40. The first-order valence-electron chi connectivity index (χ1n) is 5.47. The molecule has 0 aromatic rings. The number of ether oxygens (including phenoxy) is 1. The molecule has 2 aliphatic heterocycles. The molecule has 0 aliphatic carbocycles. The Morgan fingerprint density at radius 2 is 1.94 bits per heavy atom. The van der Waals surface area contributed by atoms with Crippen molar-refractivity contribution < 1.29 is 27.9 Å². The molecule has 0 spiro atoms. The van der Waals surface area contributed by atoms with Crippen LogP contribution in [0.25, 0.3) is 0 Å². The molecule has 2 N–H and O–H groups in total. The van der Waals surface area contributed by atoms with Crippen molar-refractivity contribution in [3.63, 3.8) is 0 Å². The molecule has 2 aliphatic rings. The fraction of sp³-hybridized carbons (Fsp3) is 0.600. The summed E-state index contributed by atoms with van der Waals surface area (Å²) in [7, 11) is -3.22. The third kappa shape index (κ3) is 2.88. The van der Waals surface area contributed by atoms with E-state index in [-0.39, 0.29) is 12.2 Å². The number of carboxylic acid groups (broad SMARTS) is 1. The summed E-state index contributed by atoms with van der Waals surface area (Å²) < 4.78 is 27.3. The lowest BCUT2D eigenvalue weighted by molar-refractivity contribution is -0.151. The van der Waals surface area contributed by atoms with Gasteiger partial charge in [0.1, 0.15) is 6.10 Å². The molecular formula is C10H13NO6S. The van der Waals surface area contributed by atoms with E-state index in [9.17, 15) is 18.0 Å². The first-order chi connectivity index (χ1) is 8.37. The Labute approximate surface area is 104 Å². The summed E-state index contributed by atoms with van der Waals surface area (Å²) >= 11 is 0. The Bertz CT molecular complexity index is 496. The van der Waals surface area contributed by atoms with E-state index in [0.717, 1.165) is 5.41 Å². The second kappa shape index (κ2) is 4.69. The highest BCUT2D eigenvalue weighted by molar-refractivity contribution is 7.94. The van der Waals surface area contributed by atoms with Gasteiger partial charge in [0.2, 0.25) is 5.91 Å². The fourth-order valence-corrected chi connectivity index (χ4v) is 3.19. The van der Waals surface area contributed by atoms with Crippen LogP contribution in [0.3, 0.4) is 0 Å². The van der Waals surface area contributed by atoms with Gasteiger partial charge in [0.05, 0.1) is 11.8 Å². The van der Waals surface area contributed by atoms with E-state index in [2.05, 4.69) is 5.32 Å². The van der Waals surface area contributed by atoms with Crippen LogP contribution in [-0.2, 0) is 24.2 Å². The van der Waals surface area contributed by atoms with Crippen molar-refractivity contribution in [2.24, 2.45) is 0 Å². The first kappa shape index (κ1) is 13.0. The standard InChI is InChI=1S/C10H13NO6S/c12-9(7-1-2-8(17-7)10(13)14)11-6-3-4-18(15,16)5-6/h3-4,6-8H,1-2,5H2,(H,11,12)(H,13,14)/t6?,7-,8+/m0/s1. The number of hydrogen-bond acceptors (Lipinski definition) is 5. The van der Waals surface area contributed by atoms with E-state index >= 15 is 0 Å². The van der Waals surface area contributed by atoms with Gasteiger partial charge in [-0.05, 0) is 18.9 Å². The van der Waals surface area contributed by atoms with Crippen LogP contribution in [0, 0.1) is 0 Å². The van der Waals surface area contributed by atoms with E-state index in [1.807, 2.05) is 0 Å². The van der Waals surface area contributed by atoms with Gasteiger partial charge in [-0.3, -0.25) is 4.79 Å². The van der Waals surface area contributed by atoms with Gasteiger partial charge >= 0.3 is 5.97 Å². The van der Waals surface area contributed by atoms with Crippen molar-refractivity contribution in [2.75, 3.05) is 5.75 Å². The van der Waals surface area contributed by atoms with E-state index in [4.69, 9.17) is 9.84 Å². The van der Waals surface area contributed by atoms with Gasteiger partial charge in [-0.2, -0.15) is 0 Å². The molecule has 1 amide bonds. The van der Waals surface area contributed by atoms with Crippen LogP contribution in [0.2, 0.25) is 0 Å². The van der Waals surface area contributed by atoms with Gasteiger partial charge in [-0.1, -0.05) is 0 Å². The molecule has 0 saturated carbocycles. The molecule has 2 rings (SSSR count). The topological polar surface area (TPSA) is 110 Å². The highest BCUT2D eigenvalue weighted by Gasteiger charge is 2.36. The predicted molar refractivity (Wildman–Crippen MR) is 60.4 cm³/mol. The number of carbonyl (C=O) groups is 2. The number of carbonyl (C=O) groups excluding carboxylic acids is 1. The van der Waals surface area contributed by atoms with Crippen LogP contribution >= 0.6 is 0 Å². The van der Waals surface area contributed by atoms with Crippen molar-refractivity contribution in [1.82, 2.24) is 5.32 Å². The highest BCUT2D eigenvalue weighted by atomic mass is 32.2. The third-order valence-electron chi connectivity index (χ3n) is 2.85. The lowest BCUT2D eigenvalue weighted by Gasteiger charge is -2.14. The monoisotopic (exact) mass is 275 g/mol. The summed E-state index contributed by atoms with van der Waals surface area (Å²) in [5.74, 6) is -1.72. The average molecular weight is 275 g/mol. The van der Waals surface area contributed by atoms with Gasteiger partial charge in [0.25, 0.3) is 0 Å². The van der Waals surface area contributed by atoms with Gasteiger partial charge in [-0.15, -0.1) is 0 Å². The number of amides is 1. The largest absolute Gasteiger partial charge is 0.479 e. The van der Waals surface area contributed by atoms with E-state index in [0.29, 0.717) is 6.42 Å². The second-order valence-corrected chi connectivity index (χ2v) is 6.23. The lowest BCUT2D eigenvalue weighted by atomic mass is 10.2. The van der Waals surface area contributed by atoms with Crippen LogP contribution < -0.4 is 5.32 Å². The van der Waals surface area contributed by atoms with Crippen LogP contribution in [-0.4, -0.2) is 49.4 Å². The fourth-order valence-electron chi connectivity index (χ4n) is 1.95. The zero-order chi connectivity index (χ0) is 13.3. The molecule has 2 heterocycles. The number of nitrogens with one attached hydrogen (secondary N) is 1. The maximum Gasteiger partial charge on any atom is 0.332 e. The molecule has 0 radical (unpaired) electrons. The van der Waals surface area contributed by atoms with Gasteiger partial charge in [-0.25, -0.2) is 13.2 Å². The number of hydrogen-bond donors (Lipinski definition) is 2. The quantitative estimate of drug-likeness (QED) is 0.687. The summed E-state index contributed by atoms with van der Waals surface area (Å²) in [4.78, 5) is 22.4. The first-order valence-corrected chi connectivity index (χ1v) is 7.18. The van der Waals surface area contributed by atoms with E-state index in [1.165, 1.54) is 6.08 Å². The molecule has 0 bridgehead atoms. The molecule has 0 aromatic heterocycles. The average Bonchev–Trinajstić information content (AvgIpc) is 2.85. The molecule has 3 atom stereocenters. The minimum absolute atomic E-state index is 0.159. The maximum atomic E-state index is 11.7. The zero-order valence-electron chi connectivity index (χ0n) is 9.40. The van der Waals surface area contributed by atoms with Gasteiger partial charge < -0.3 is 15.2 Å². The van der Waals surface area contributed by atoms with Crippen LogP contribution in [0.1, 0.15) is 12.8 Å². The molecule has 100 valence electrons. The van der Waals surface area contributed by atoms with E-state index < -0.39 is 40.0 Å². The normalized spacial score (nSPS) is 33.4. The zero-order valence-corrected chi connectivity index (χ0v) is 10.2. The smallest absolute Gasteiger partial charge is 0.332 e. The Hall–Kier alpha value is -1.41. The van der Waals surface area contributed by atoms with Crippen LogP contribution in [0.5, 0.6) is 0 Å². The van der Waals surface area contributed by atoms with Crippen LogP contribution in [0.4, 0.5) is 0 Å². The molecule has 1 unspecified atom stereocenters. The minimum atomic E-state index is -3.22. The predicted octanol–water partition coefficient (Wildman–Crippen LogP) is -0.954. The molecule has 1 saturated heterocycles. The summed E-state index contributed by atoms with van der Waals surface area (Å²) in [6, 6.07) is -0.560. The van der Waals surface area contributed by atoms with E-state index in [1.54, 1.807) is 0 Å². The van der Waals surface area contributed by atoms with Crippen molar-refractivity contribution in [3.05, 3.63) is 11.5 Å². The lowest BCUT2D eigenvalue weighted by Crippen LogP contribution is -2.42. The van der Waals surface area contributed by atoms with Gasteiger partial charge in [0.15, 0.2) is 15.9 Å². The van der Waals surface area contributed by atoms with Gasteiger partial charge in [0, 0.05) is 5.41 Å². The minimum Gasteiger partial charge on any atom is -0.479 e. The number of aliphatic carboxylic acids is 1. The SMILES string of the molecule is O=C(NC1C=CS(=O)(=O)C1)[C@@H]1CC[C@H](C(=O)O)O1. The van der Waals surface area contributed by atoms with Crippen molar-refractivity contribution in [1.29, 1.82) is 0 Å². The molecule has 0 aromatic carbocycles. The Balaban J connectivity index is 1.87. The molecule has 18 heavy (non-hydrogen) atoms. The summed E-state index contributed by atoms with van der Waals surface area (Å²) in [6.07, 6.45) is 0.237. The summed E-state index contributed by atoms with van der Waals surface area (Å²) in [5, 5.41) is 12.3. The van der Waals surface area contributed by atoms with Crippen molar-refractivity contribution >= 4 is 21.7 Å². The second-order valence-electron chi connectivity index (χ2n) is 4.30. The molecule has 8 heteroatoms. The van der Waals surface area contributed by atoms with Crippen molar-refractivity contribution in [3.8, 4) is 0 Å². The summed E-state index contributed by atoms with van der Waals surface area (Å²) in [6.45, 7) is 0. The Morgan fingerprint density at radius 1 is 1.28 bits per heavy atom.